The number of halogens is 2. The number of carbonyl (C=O) groups is 3. The number of amides is 1. The number of alkyl halides is 2. The summed E-state index contributed by atoms with van der Waals surface area (Å²) in [6, 6.07) is -1.11. The molecule has 29 heavy (non-hydrogen) atoms. The molecule has 10 nitrogen and oxygen atoms in total. The lowest BCUT2D eigenvalue weighted by Crippen LogP contribution is -2.45. The maximum Gasteiger partial charge on any atom is 0.465 e. The van der Waals surface area contributed by atoms with Crippen LogP contribution < -0.4 is 5.32 Å². The fourth-order valence-corrected chi connectivity index (χ4v) is 2.02. The van der Waals surface area contributed by atoms with E-state index in [0.717, 1.165) is 0 Å². The number of rotatable bonds is 11. The van der Waals surface area contributed by atoms with E-state index in [1.165, 1.54) is 0 Å². The van der Waals surface area contributed by atoms with Crippen molar-refractivity contribution in [3.63, 3.8) is 0 Å². The lowest BCUT2D eigenvalue weighted by Gasteiger charge is -2.25. The molecule has 0 aliphatic heterocycles. The van der Waals surface area contributed by atoms with Gasteiger partial charge in [-0.25, -0.2) is 14.4 Å². The van der Waals surface area contributed by atoms with E-state index in [9.17, 15) is 31.6 Å². The smallest absolute Gasteiger partial charge is 0.461 e. The number of hydrogen-bond acceptors (Lipinski definition) is 8. The Morgan fingerprint density at radius 1 is 1.10 bits per heavy atom. The van der Waals surface area contributed by atoms with Crippen molar-refractivity contribution in [3.05, 3.63) is 0 Å². The highest BCUT2D eigenvalue weighted by atomic mass is 32.2. The summed E-state index contributed by atoms with van der Waals surface area (Å²) in [5.74, 6) is -3.47. The van der Waals surface area contributed by atoms with Gasteiger partial charge in [-0.05, 0) is 32.6 Å². The van der Waals surface area contributed by atoms with Crippen molar-refractivity contribution in [1.29, 1.82) is 0 Å². The van der Waals surface area contributed by atoms with E-state index in [-0.39, 0.29) is 12.3 Å². The molecule has 0 aromatic carbocycles. The van der Waals surface area contributed by atoms with Crippen molar-refractivity contribution in [2.24, 2.45) is 5.92 Å². The summed E-state index contributed by atoms with van der Waals surface area (Å²) < 4.78 is 69.1. The first-order valence-electron chi connectivity index (χ1n) is 8.71. The van der Waals surface area contributed by atoms with E-state index >= 15 is 0 Å². The van der Waals surface area contributed by atoms with Gasteiger partial charge < -0.3 is 19.5 Å². The highest BCUT2D eigenvalue weighted by Crippen LogP contribution is 2.22. The number of hydrogen-bond donors (Lipinski definition) is 2. The molecule has 0 rings (SSSR count). The first kappa shape index (κ1) is 27.0. The van der Waals surface area contributed by atoms with E-state index in [1.54, 1.807) is 34.6 Å². The zero-order valence-corrected chi connectivity index (χ0v) is 17.7. The lowest BCUT2D eigenvalue weighted by atomic mass is 10.0. The second kappa shape index (κ2) is 10.7. The predicted octanol–water partition coefficient (Wildman–Crippen LogP) is 1.88. The third-order valence-corrected chi connectivity index (χ3v) is 4.44. The minimum atomic E-state index is -5.99. The minimum absolute atomic E-state index is 0.0293. The summed E-state index contributed by atoms with van der Waals surface area (Å²) >= 11 is 0. The molecule has 13 heteroatoms. The van der Waals surface area contributed by atoms with E-state index in [2.05, 4.69) is 10.1 Å². The summed E-state index contributed by atoms with van der Waals surface area (Å²) in [4.78, 5) is 35.1. The number of esters is 2. The number of ether oxygens (including phenoxy) is 3. The number of alkyl carbamates (subject to hydrolysis) is 1. The van der Waals surface area contributed by atoms with E-state index in [0.29, 0.717) is 6.42 Å². The second-order valence-electron chi connectivity index (χ2n) is 7.12. The molecule has 1 unspecified atom stereocenters. The molecule has 0 spiro atoms. The van der Waals surface area contributed by atoms with Crippen LogP contribution >= 0.6 is 0 Å². The summed E-state index contributed by atoms with van der Waals surface area (Å²) in [5.41, 5.74) is -0.761. The highest BCUT2D eigenvalue weighted by Gasteiger charge is 2.54. The molecular formula is C16H27F2NO9S. The van der Waals surface area contributed by atoms with Crippen LogP contribution in [0.5, 0.6) is 0 Å². The molecule has 0 bridgehead atoms. The van der Waals surface area contributed by atoms with Crippen LogP contribution in [0.15, 0.2) is 0 Å². The second-order valence-corrected chi connectivity index (χ2v) is 8.59. The van der Waals surface area contributed by atoms with Crippen LogP contribution in [0, 0.1) is 5.92 Å². The van der Waals surface area contributed by atoms with E-state index in [4.69, 9.17) is 14.0 Å². The van der Waals surface area contributed by atoms with E-state index < -0.39 is 58.3 Å². The van der Waals surface area contributed by atoms with Gasteiger partial charge in [0.25, 0.3) is 0 Å². The Kier molecular flexibility index (Phi) is 9.93. The maximum absolute atomic E-state index is 13.0. The SMILES string of the molecule is CCC(C)(C)OC(=O)NC(CC(C)C)C(=O)OCCOC(=O)C(F)(F)S(=O)(=O)O. The third kappa shape index (κ3) is 9.35. The van der Waals surface area contributed by atoms with Crippen LogP contribution in [0.1, 0.15) is 47.5 Å². The van der Waals surface area contributed by atoms with Crippen LogP contribution in [0.4, 0.5) is 13.6 Å². The normalized spacial score (nSPS) is 13.6. The Labute approximate surface area is 168 Å². The molecule has 0 aliphatic rings. The van der Waals surface area contributed by atoms with Gasteiger partial charge in [0.2, 0.25) is 0 Å². The molecule has 0 saturated heterocycles. The Morgan fingerprint density at radius 2 is 1.62 bits per heavy atom. The summed E-state index contributed by atoms with van der Waals surface area (Å²) in [5, 5.41) is -2.79. The lowest BCUT2D eigenvalue weighted by molar-refractivity contribution is -0.165. The van der Waals surface area contributed by atoms with Gasteiger partial charge in [-0.3, -0.25) is 4.55 Å². The van der Waals surface area contributed by atoms with Crippen LogP contribution in [-0.2, 0) is 33.9 Å². The number of carbonyl (C=O) groups excluding carboxylic acids is 3. The largest absolute Gasteiger partial charge is 0.465 e. The van der Waals surface area contributed by atoms with Crippen molar-refractivity contribution in [3.8, 4) is 0 Å². The first-order valence-corrected chi connectivity index (χ1v) is 10.2. The van der Waals surface area contributed by atoms with Gasteiger partial charge in [-0.2, -0.15) is 17.2 Å². The fraction of sp³-hybridized carbons (Fsp3) is 0.812. The van der Waals surface area contributed by atoms with Crippen LogP contribution in [0.2, 0.25) is 0 Å². The Balaban J connectivity index is 4.73. The average molecular weight is 447 g/mol. The van der Waals surface area contributed by atoms with Crippen LogP contribution in [-0.4, -0.2) is 61.1 Å². The fourth-order valence-electron chi connectivity index (χ4n) is 1.75. The third-order valence-electron chi connectivity index (χ3n) is 3.63. The predicted molar refractivity (Wildman–Crippen MR) is 95.6 cm³/mol. The van der Waals surface area contributed by atoms with E-state index in [1.807, 2.05) is 0 Å². The molecule has 1 atom stereocenters. The van der Waals surface area contributed by atoms with Crippen molar-refractivity contribution in [2.45, 2.75) is 64.4 Å². The zero-order chi connectivity index (χ0) is 23.0. The minimum Gasteiger partial charge on any atom is -0.461 e. The Hall–Kier alpha value is -2.02. The summed E-state index contributed by atoms with van der Waals surface area (Å²) in [7, 11) is -5.99. The van der Waals surface area contributed by atoms with Crippen molar-refractivity contribution >= 4 is 28.1 Å². The molecule has 0 aromatic rings. The van der Waals surface area contributed by atoms with Gasteiger partial charge in [0, 0.05) is 0 Å². The monoisotopic (exact) mass is 447 g/mol. The molecule has 170 valence electrons. The standard InChI is InChI=1S/C16H27F2NO9S/c1-6-15(4,5)28-14(22)19-11(9-10(2)3)12(20)26-7-8-27-13(21)16(17,18)29(23,24)25/h10-11H,6-9H2,1-5H3,(H,19,22)(H,23,24,25). The molecule has 0 fully saturated rings. The first-order chi connectivity index (χ1) is 13.0. The maximum atomic E-state index is 13.0. The van der Waals surface area contributed by atoms with Gasteiger partial charge in [-0.1, -0.05) is 20.8 Å². The molecule has 0 aromatic heterocycles. The summed E-state index contributed by atoms with van der Waals surface area (Å²) in [6.45, 7) is 7.15. The van der Waals surface area contributed by atoms with Crippen molar-refractivity contribution in [2.75, 3.05) is 13.2 Å². The Morgan fingerprint density at radius 3 is 2.07 bits per heavy atom. The van der Waals surface area contributed by atoms with Crippen molar-refractivity contribution < 1.29 is 50.3 Å². The van der Waals surface area contributed by atoms with Gasteiger partial charge in [-0.15, -0.1) is 0 Å². The molecule has 0 radical (unpaired) electrons. The molecule has 0 saturated carbocycles. The molecule has 1 amide bonds. The molecule has 0 aliphatic carbocycles. The Bertz CT molecular complexity index is 693. The molecule has 0 heterocycles. The van der Waals surface area contributed by atoms with Gasteiger partial charge in [0.15, 0.2) is 0 Å². The number of nitrogens with one attached hydrogen (secondary N) is 1. The van der Waals surface area contributed by atoms with Gasteiger partial charge in [0.1, 0.15) is 24.9 Å². The van der Waals surface area contributed by atoms with Crippen molar-refractivity contribution in [1.82, 2.24) is 5.32 Å². The quantitative estimate of drug-likeness (QED) is 0.210. The topological polar surface area (TPSA) is 145 Å². The van der Waals surface area contributed by atoms with Crippen LogP contribution in [0.3, 0.4) is 0 Å². The van der Waals surface area contributed by atoms with Gasteiger partial charge in [0.05, 0.1) is 0 Å². The van der Waals surface area contributed by atoms with Crippen LogP contribution in [0.25, 0.3) is 0 Å². The highest BCUT2D eigenvalue weighted by molar-refractivity contribution is 7.87. The molecule has 2 N–H and O–H groups in total. The van der Waals surface area contributed by atoms with Gasteiger partial charge >= 0.3 is 33.4 Å². The molecular weight excluding hydrogens is 420 g/mol. The summed E-state index contributed by atoms with van der Waals surface area (Å²) in [6.07, 6.45) is -0.140. The average Bonchev–Trinajstić information content (AvgIpc) is 2.55. The zero-order valence-electron chi connectivity index (χ0n) is 16.9.